The fraction of sp³-hybridized carbons (Fsp3) is 0.750. The Balaban J connectivity index is 3.68. The molecule has 0 aromatic rings. The van der Waals surface area contributed by atoms with Gasteiger partial charge in [0.05, 0.1) is 6.07 Å². The van der Waals surface area contributed by atoms with Crippen LogP contribution in [0.15, 0.2) is 0 Å². The number of thioether (sulfide) groups is 1. The number of carbonyl (C=O) groups is 1. The van der Waals surface area contributed by atoms with E-state index in [0.717, 1.165) is 5.75 Å². The Morgan fingerprint density at radius 3 is 2.92 bits per heavy atom. The zero-order chi connectivity index (χ0) is 10.1. The summed E-state index contributed by atoms with van der Waals surface area (Å²) in [5, 5.41) is 19.8. The van der Waals surface area contributed by atoms with Gasteiger partial charge >= 0.3 is 5.97 Å². The van der Waals surface area contributed by atoms with E-state index in [4.69, 9.17) is 10.4 Å². The second kappa shape index (κ2) is 7.90. The van der Waals surface area contributed by atoms with Crippen molar-refractivity contribution in [3.05, 3.63) is 0 Å². The van der Waals surface area contributed by atoms with E-state index in [1.54, 1.807) is 11.8 Å². The molecule has 0 heterocycles. The van der Waals surface area contributed by atoms with E-state index in [1.165, 1.54) is 0 Å². The number of nitrogens with zero attached hydrogens (tertiary/aromatic N) is 1. The van der Waals surface area contributed by atoms with Crippen LogP contribution < -0.4 is 5.32 Å². The molecule has 0 aliphatic heterocycles. The highest BCUT2D eigenvalue weighted by Crippen LogP contribution is 2.00. The van der Waals surface area contributed by atoms with Crippen molar-refractivity contribution in [3.63, 3.8) is 0 Å². The summed E-state index contributed by atoms with van der Waals surface area (Å²) in [6, 6.07) is 1.44. The maximum absolute atomic E-state index is 10.6. The van der Waals surface area contributed by atoms with E-state index < -0.39 is 12.0 Å². The van der Waals surface area contributed by atoms with Gasteiger partial charge in [-0.1, -0.05) is 0 Å². The molecular weight excluding hydrogens is 188 g/mol. The minimum atomic E-state index is -0.841. The number of nitrogens with one attached hydrogen (secondary N) is 1. The number of hydrogen-bond acceptors (Lipinski definition) is 4. The molecule has 0 saturated heterocycles. The second-order valence-corrected chi connectivity index (χ2v) is 3.52. The molecule has 0 bridgehead atoms. The number of nitriles is 1. The highest BCUT2D eigenvalue weighted by Gasteiger charge is 2.14. The molecule has 0 rings (SSSR count). The lowest BCUT2D eigenvalue weighted by Gasteiger charge is -2.11. The average molecular weight is 202 g/mol. The molecule has 0 aliphatic rings. The molecular formula is C8H14N2O2S. The maximum atomic E-state index is 10.6. The van der Waals surface area contributed by atoms with Crippen molar-refractivity contribution in [1.82, 2.24) is 5.32 Å². The van der Waals surface area contributed by atoms with Crippen LogP contribution in [0, 0.1) is 11.3 Å². The summed E-state index contributed by atoms with van der Waals surface area (Å²) in [5.74, 6) is -0.0248. The molecule has 0 aromatic heterocycles. The van der Waals surface area contributed by atoms with Gasteiger partial charge in [0, 0.05) is 13.0 Å². The van der Waals surface area contributed by atoms with E-state index in [9.17, 15) is 4.79 Å². The number of hydrogen-bond donors (Lipinski definition) is 2. The third-order valence-corrected chi connectivity index (χ3v) is 2.18. The fourth-order valence-corrected chi connectivity index (χ4v) is 1.32. The van der Waals surface area contributed by atoms with Gasteiger partial charge in [0.1, 0.15) is 6.04 Å². The summed E-state index contributed by atoms with van der Waals surface area (Å²) in [5.41, 5.74) is 0. The molecule has 0 radical (unpaired) electrons. The minimum Gasteiger partial charge on any atom is -0.480 e. The standard InChI is InChI=1S/C8H14N2O2S/c1-13-6-3-7(8(11)12)10-5-2-4-9/h7,10H,2-3,5-6H2,1H3,(H,11,12)/t7-/m0/s1. The van der Waals surface area contributed by atoms with Gasteiger partial charge in [0.2, 0.25) is 0 Å². The van der Waals surface area contributed by atoms with Crippen LogP contribution in [0.4, 0.5) is 0 Å². The van der Waals surface area contributed by atoms with Gasteiger partial charge in [-0.15, -0.1) is 0 Å². The van der Waals surface area contributed by atoms with E-state index in [1.807, 2.05) is 12.3 Å². The Labute approximate surface area is 82.3 Å². The first kappa shape index (κ1) is 12.3. The van der Waals surface area contributed by atoms with Crippen LogP contribution in [0.5, 0.6) is 0 Å². The van der Waals surface area contributed by atoms with Gasteiger partial charge in [-0.3, -0.25) is 4.79 Å². The molecule has 4 nitrogen and oxygen atoms in total. The number of rotatable bonds is 7. The number of carboxylic acids is 1. The molecule has 0 saturated carbocycles. The predicted molar refractivity (Wildman–Crippen MR) is 52.7 cm³/mol. The van der Waals surface area contributed by atoms with Crippen molar-refractivity contribution >= 4 is 17.7 Å². The highest BCUT2D eigenvalue weighted by atomic mass is 32.2. The Hall–Kier alpha value is -0.730. The SMILES string of the molecule is CSCC[C@H](NCCC#N)C(=O)O. The molecule has 1 atom stereocenters. The van der Waals surface area contributed by atoms with Crippen molar-refractivity contribution in [3.8, 4) is 6.07 Å². The van der Waals surface area contributed by atoms with E-state index >= 15 is 0 Å². The van der Waals surface area contributed by atoms with Crippen LogP contribution >= 0.6 is 11.8 Å². The Bertz CT molecular complexity index is 191. The molecule has 13 heavy (non-hydrogen) atoms. The minimum absolute atomic E-state index is 0.350. The Morgan fingerprint density at radius 1 is 1.77 bits per heavy atom. The lowest BCUT2D eigenvalue weighted by Crippen LogP contribution is -2.37. The van der Waals surface area contributed by atoms with Crippen molar-refractivity contribution in [2.24, 2.45) is 0 Å². The normalized spacial score (nSPS) is 12.0. The smallest absolute Gasteiger partial charge is 0.320 e. The monoisotopic (exact) mass is 202 g/mol. The molecule has 0 unspecified atom stereocenters. The molecule has 0 spiro atoms. The number of carboxylic acid groups (broad SMARTS) is 1. The zero-order valence-corrected chi connectivity index (χ0v) is 8.43. The summed E-state index contributed by atoms with van der Waals surface area (Å²) in [6.07, 6.45) is 2.89. The molecule has 5 heteroatoms. The van der Waals surface area contributed by atoms with E-state index in [0.29, 0.717) is 19.4 Å². The van der Waals surface area contributed by atoms with Crippen LogP contribution in [0.1, 0.15) is 12.8 Å². The topological polar surface area (TPSA) is 73.1 Å². The summed E-state index contributed by atoms with van der Waals surface area (Å²) < 4.78 is 0. The van der Waals surface area contributed by atoms with Crippen molar-refractivity contribution in [2.45, 2.75) is 18.9 Å². The van der Waals surface area contributed by atoms with Gasteiger partial charge in [-0.25, -0.2) is 0 Å². The Morgan fingerprint density at radius 2 is 2.46 bits per heavy atom. The number of aliphatic carboxylic acids is 1. The van der Waals surface area contributed by atoms with Gasteiger partial charge < -0.3 is 10.4 Å². The lowest BCUT2D eigenvalue weighted by atomic mass is 10.2. The van der Waals surface area contributed by atoms with Crippen LogP contribution in [0.2, 0.25) is 0 Å². The van der Waals surface area contributed by atoms with Crippen LogP contribution in [-0.4, -0.2) is 35.7 Å². The molecule has 0 fully saturated rings. The average Bonchev–Trinajstić information content (AvgIpc) is 2.10. The van der Waals surface area contributed by atoms with Gasteiger partial charge in [0.15, 0.2) is 0 Å². The molecule has 2 N–H and O–H groups in total. The highest BCUT2D eigenvalue weighted by molar-refractivity contribution is 7.98. The maximum Gasteiger partial charge on any atom is 0.320 e. The summed E-state index contributed by atoms with van der Waals surface area (Å²) >= 11 is 1.62. The van der Waals surface area contributed by atoms with Gasteiger partial charge in [-0.2, -0.15) is 17.0 Å². The predicted octanol–water partition coefficient (Wildman–Crippen LogP) is 0.696. The van der Waals surface area contributed by atoms with Crippen molar-refractivity contribution in [1.29, 1.82) is 5.26 Å². The quantitative estimate of drug-likeness (QED) is 0.594. The first-order valence-electron chi connectivity index (χ1n) is 4.04. The summed E-state index contributed by atoms with van der Waals surface area (Å²) in [6.45, 7) is 0.446. The van der Waals surface area contributed by atoms with Crippen LogP contribution in [-0.2, 0) is 4.79 Å². The summed E-state index contributed by atoms with van der Waals surface area (Å²) in [4.78, 5) is 10.6. The van der Waals surface area contributed by atoms with Crippen LogP contribution in [0.25, 0.3) is 0 Å². The fourth-order valence-electron chi connectivity index (χ4n) is 0.851. The van der Waals surface area contributed by atoms with Gasteiger partial charge in [0.25, 0.3) is 0 Å². The van der Waals surface area contributed by atoms with Crippen LogP contribution in [0.3, 0.4) is 0 Å². The molecule has 74 valence electrons. The summed E-state index contributed by atoms with van der Waals surface area (Å²) in [7, 11) is 0. The first-order chi connectivity index (χ1) is 6.22. The third-order valence-electron chi connectivity index (χ3n) is 1.54. The van der Waals surface area contributed by atoms with Gasteiger partial charge in [-0.05, 0) is 18.4 Å². The van der Waals surface area contributed by atoms with Crippen molar-refractivity contribution in [2.75, 3.05) is 18.6 Å². The Kier molecular flexibility index (Phi) is 7.45. The van der Waals surface area contributed by atoms with E-state index in [2.05, 4.69) is 5.32 Å². The lowest BCUT2D eigenvalue weighted by molar-refractivity contribution is -0.139. The third kappa shape index (κ3) is 6.43. The van der Waals surface area contributed by atoms with Crippen molar-refractivity contribution < 1.29 is 9.90 Å². The van der Waals surface area contributed by atoms with E-state index in [-0.39, 0.29) is 0 Å². The molecule has 0 aromatic carbocycles. The first-order valence-corrected chi connectivity index (χ1v) is 5.43. The largest absolute Gasteiger partial charge is 0.480 e. The zero-order valence-electron chi connectivity index (χ0n) is 7.62. The second-order valence-electron chi connectivity index (χ2n) is 2.53. The molecule has 0 aliphatic carbocycles. The molecule has 0 amide bonds.